The lowest BCUT2D eigenvalue weighted by atomic mass is 10.0. The van der Waals surface area contributed by atoms with Crippen LogP contribution in [0.5, 0.6) is 0 Å². The number of amides is 1. The molecule has 2 aromatic heterocycles. The maximum Gasteiger partial charge on any atom is 0.288 e. The number of carbonyl (C=O) groups excluding carboxylic acids is 1. The first kappa shape index (κ1) is 24.1. The normalized spacial score (nSPS) is 11.5. The van der Waals surface area contributed by atoms with Crippen LogP contribution in [0.3, 0.4) is 0 Å². The molecule has 0 aliphatic rings. The second kappa shape index (κ2) is 10.6. The monoisotopic (exact) mass is 477 g/mol. The van der Waals surface area contributed by atoms with Crippen molar-refractivity contribution in [2.24, 2.45) is 12.5 Å². The van der Waals surface area contributed by atoms with Gasteiger partial charge in [-0.05, 0) is 16.6 Å². The van der Waals surface area contributed by atoms with E-state index in [-0.39, 0.29) is 13.1 Å². The summed E-state index contributed by atoms with van der Waals surface area (Å²) in [6, 6.07) is 1.71. The average Bonchev–Trinajstić information content (AvgIpc) is 3.00. The molecular weight excluding hydrogens is 452 g/mol. The number of aromatic nitrogens is 5. The van der Waals surface area contributed by atoms with Crippen molar-refractivity contribution in [3.63, 3.8) is 0 Å². The van der Waals surface area contributed by atoms with E-state index in [0.29, 0.717) is 16.8 Å². The molecule has 0 saturated carbocycles. The van der Waals surface area contributed by atoms with Gasteiger partial charge in [0.05, 0.1) is 17.5 Å². The van der Waals surface area contributed by atoms with Crippen molar-refractivity contribution in [3.05, 3.63) is 24.8 Å². The van der Waals surface area contributed by atoms with Gasteiger partial charge in [0.2, 0.25) is 6.20 Å². The third-order valence-corrected chi connectivity index (χ3v) is 5.41. The second-order valence-corrected chi connectivity index (χ2v) is 9.32. The summed E-state index contributed by atoms with van der Waals surface area (Å²) < 4.78 is 32.6. The van der Waals surface area contributed by atoms with Gasteiger partial charge in [0, 0.05) is 18.9 Å². The first-order valence-electron chi connectivity index (χ1n) is 8.39. The Balaban J connectivity index is 0.000000568. The number of hydrogen-bond acceptors (Lipinski definition) is 6. The highest BCUT2D eigenvalue weighted by molar-refractivity contribution is 9.09. The predicted molar refractivity (Wildman–Crippen MR) is 107 cm³/mol. The molecular formula is C16H26BrN6O4S+. The van der Waals surface area contributed by atoms with Gasteiger partial charge in [-0.3, -0.25) is 14.0 Å². The van der Waals surface area contributed by atoms with Crippen LogP contribution in [0.15, 0.2) is 24.8 Å². The molecule has 28 heavy (non-hydrogen) atoms. The van der Waals surface area contributed by atoms with E-state index >= 15 is 0 Å². The quantitative estimate of drug-likeness (QED) is 0.353. The standard InChI is InChI=1S/C11H14N6O4S.C5H11Br/c1-16-8-13-11(15-16)9-2-3-14-17(6-9)7-10(18)12-4-5-22(19,20)21;1-5(2,3)4-6/h2-3,6,8H,4-5,7H2,1H3,(H-,12,18,19,20,21);4H2,1-3H3/p+1. The van der Waals surface area contributed by atoms with Gasteiger partial charge >= 0.3 is 0 Å². The van der Waals surface area contributed by atoms with Gasteiger partial charge in [0.25, 0.3) is 22.6 Å². The summed E-state index contributed by atoms with van der Waals surface area (Å²) in [6.07, 6.45) is 4.68. The van der Waals surface area contributed by atoms with Gasteiger partial charge in [0.1, 0.15) is 6.33 Å². The molecule has 0 unspecified atom stereocenters. The second-order valence-electron chi connectivity index (χ2n) is 7.19. The van der Waals surface area contributed by atoms with E-state index in [1.807, 2.05) is 0 Å². The SMILES string of the molecule is CC(C)(C)CBr.Cn1cnc(-c2ccn[n+](CC(=O)NCCS(=O)(=O)O)c2)n1. The summed E-state index contributed by atoms with van der Waals surface area (Å²) >= 11 is 3.37. The minimum Gasteiger partial charge on any atom is -0.349 e. The Morgan fingerprint density at radius 3 is 2.54 bits per heavy atom. The van der Waals surface area contributed by atoms with Crippen molar-refractivity contribution in [3.8, 4) is 11.4 Å². The fraction of sp³-hybridized carbons (Fsp3) is 0.562. The summed E-state index contributed by atoms with van der Waals surface area (Å²) in [5.41, 5.74) is 1.15. The highest BCUT2D eigenvalue weighted by atomic mass is 79.9. The third kappa shape index (κ3) is 10.4. The smallest absolute Gasteiger partial charge is 0.288 e. The first-order valence-corrected chi connectivity index (χ1v) is 11.1. The zero-order chi connectivity index (χ0) is 21.4. The molecule has 2 aromatic rings. The molecule has 0 bridgehead atoms. The van der Waals surface area contributed by atoms with Crippen LogP contribution in [0, 0.1) is 5.41 Å². The minimum absolute atomic E-state index is 0.0911. The molecule has 0 saturated heterocycles. The summed E-state index contributed by atoms with van der Waals surface area (Å²) in [5, 5.41) is 11.6. The molecule has 156 valence electrons. The van der Waals surface area contributed by atoms with E-state index in [2.05, 4.69) is 57.2 Å². The van der Waals surface area contributed by atoms with Crippen molar-refractivity contribution in [2.45, 2.75) is 27.3 Å². The molecule has 2 heterocycles. The van der Waals surface area contributed by atoms with Gasteiger partial charge in [-0.15, -0.1) is 0 Å². The molecule has 0 aliphatic heterocycles. The van der Waals surface area contributed by atoms with Crippen LogP contribution >= 0.6 is 15.9 Å². The van der Waals surface area contributed by atoms with Crippen LogP contribution < -0.4 is 10.00 Å². The number of rotatable bonds is 6. The van der Waals surface area contributed by atoms with Gasteiger partial charge in [-0.2, -0.15) is 13.5 Å². The molecule has 2 N–H and O–H groups in total. The Hall–Kier alpha value is -1.92. The molecule has 1 amide bonds. The molecule has 0 aliphatic carbocycles. The number of nitrogens with zero attached hydrogens (tertiary/aromatic N) is 5. The largest absolute Gasteiger partial charge is 0.349 e. The van der Waals surface area contributed by atoms with Crippen LogP contribution in [0.4, 0.5) is 0 Å². The fourth-order valence-electron chi connectivity index (χ4n) is 1.65. The fourth-order valence-corrected chi connectivity index (χ4v) is 2.01. The number of alkyl halides is 1. The van der Waals surface area contributed by atoms with E-state index in [1.54, 1.807) is 30.3 Å². The molecule has 0 radical (unpaired) electrons. The van der Waals surface area contributed by atoms with Crippen molar-refractivity contribution in [1.29, 1.82) is 0 Å². The van der Waals surface area contributed by atoms with E-state index < -0.39 is 21.8 Å². The van der Waals surface area contributed by atoms with E-state index in [4.69, 9.17) is 4.55 Å². The van der Waals surface area contributed by atoms with Crippen LogP contribution in [0.2, 0.25) is 0 Å². The molecule has 0 fully saturated rings. The number of nitrogens with one attached hydrogen (secondary N) is 1. The summed E-state index contributed by atoms with van der Waals surface area (Å²) in [6.45, 7) is 6.33. The lowest BCUT2D eigenvalue weighted by molar-refractivity contribution is -0.742. The van der Waals surface area contributed by atoms with Crippen molar-refractivity contribution >= 4 is 32.0 Å². The topological polar surface area (TPSA) is 131 Å². The van der Waals surface area contributed by atoms with Crippen molar-refractivity contribution in [1.82, 2.24) is 25.2 Å². The predicted octanol–water partition coefficient (Wildman–Crippen LogP) is 0.596. The lowest BCUT2D eigenvalue weighted by Crippen LogP contribution is -2.46. The van der Waals surface area contributed by atoms with E-state index in [9.17, 15) is 13.2 Å². The van der Waals surface area contributed by atoms with Crippen LogP contribution in [0.25, 0.3) is 11.4 Å². The highest BCUT2D eigenvalue weighted by Crippen LogP contribution is 2.14. The summed E-state index contributed by atoms with van der Waals surface area (Å²) in [5.74, 6) is -0.452. The molecule has 0 atom stereocenters. The number of halogens is 1. The third-order valence-electron chi connectivity index (χ3n) is 3.00. The van der Waals surface area contributed by atoms with Crippen LogP contribution in [-0.2, 0) is 28.5 Å². The minimum atomic E-state index is -4.09. The summed E-state index contributed by atoms with van der Waals surface area (Å²) in [4.78, 5) is 15.8. The Morgan fingerprint density at radius 1 is 1.39 bits per heavy atom. The first-order chi connectivity index (χ1) is 12.9. The number of carbonyl (C=O) groups is 1. The molecule has 2 rings (SSSR count). The van der Waals surface area contributed by atoms with Gasteiger partial charge in [0.15, 0.2) is 5.82 Å². The van der Waals surface area contributed by atoms with Gasteiger partial charge in [-0.25, -0.2) is 4.98 Å². The Morgan fingerprint density at radius 2 is 2.04 bits per heavy atom. The molecule has 12 heteroatoms. The Bertz CT molecular complexity index is 879. The maximum absolute atomic E-state index is 11.7. The van der Waals surface area contributed by atoms with E-state index in [0.717, 1.165) is 5.33 Å². The number of aryl methyl sites for hydroxylation is 1. The van der Waals surface area contributed by atoms with Crippen LogP contribution in [0.1, 0.15) is 20.8 Å². The van der Waals surface area contributed by atoms with Crippen molar-refractivity contribution in [2.75, 3.05) is 17.6 Å². The highest BCUT2D eigenvalue weighted by Gasteiger charge is 2.15. The maximum atomic E-state index is 11.7. The molecule has 10 nitrogen and oxygen atoms in total. The molecule has 0 spiro atoms. The van der Waals surface area contributed by atoms with E-state index in [1.165, 1.54) is 10.9 Å². The zero-order valence-electron chi connectivity index (χ0n) is 16.3. The zero-order valence-corrected chi connectivity index (χ0v) is 18.7. The molecule has 0 aromatic carbocycles. The Kier molecular flexibility index (Phi) is 9.11. The number of hydrogen-bond donors (Lipinski definition) is 2. The van der Waals surface area contributed by atoms with Gasteiger partial charge in [-0.1, -0.05) is 41.4 Å². The Labute approximate surface area is 173 Å². The lowest BCUT2D eigenvalue weighted by Gasteiger charge is -2.11. The van der Waals surface area contributed by atoms with Crippen LogP contribution in [-0.4, -0.2) is 56.4 Å². The summed E-state index contributed by atoms with van der Waals surface area (Å²) in [7, 11) is -2.34. The van der Waals surface area contributed by atoms with Gasteiger partial charge < -0.3 is 5.32 Å². The average molecular weight is 478 g/mol. The van der Waals surface area contributed by atoms with Crippen molar-refractivity contribution < 1.29 is 22.4 Å².